The van der Waals surface area contributed by atoms with Crippen molar-refractivity contribution in [1.29, 1.82) is 0 Å². The zero-order valence-corrected chi connectivity index (χ0v) is 13.0. The molecule has 0 aliphatic heterocycles. The lowest BCUT2D eigenvalue weighted by molar-refractivity contribution is 0.569. The van der Waals surface area contributed by atoms with Gasteiger partial charge in [-0.05, 0) is 6.92 Å². The fourth-order valence-corrected chi connectivity index (χ4v) is 2.73. The minimum atomic E-state index is 0.0737. The molecular formula is C13H17ClN4S. The Hall–Kier alpha value is -1.20. The van der Waals surface area contributed by atoms with Crippen molar-refractivity contribution in [1.82, 2.24) is 15.0 Å². The average molecular weight is 297 g/mol. The molecule has 0 saturated carbocycles. The van der Waals surface area contributed by atoms with Gasteiger partial charge in [0.05, 0.1) is 24.1 Å². The molecule has 2 aromatic heterocycles. The third kappa shape index (κ3) is 3.64. The molecule has 1 N–H and O–H groups in total. The van der Waals surface area contributed by atoms with Crippen LogP contribution in [0.25, 0.3) is 0 Å². The lowest BCUT2D eigenvalue weighted by Gasteiger charge is -2.15. The van der Waals surface area contributed by atoms with E-state index in [2.05, 4.69) is 46.4 Å². The number of nitrogens with one attached hydrogen (secondary N) is 1. The molecule has 0 bridgehead atoms. The monoisotopic (exact) mass is 296 g/mol. The summed E-state index contributed by atoms with van der Waals surface area (Å²) in [7, 11) is 0. The second-order valence-corrected chi connectivity index (χ2v) is 6.69. The lowest BCUT2D eigenvalue weighted by Crippen LogP contribution is -2.13. The smallest absolute Gasteiger partial charge is 0.149 e. The number of thiazole rings is 1. The Kier molecular flexibility index (Phi) is 4.06. The van der Waals surface area contributed by atoms with Crippen LogP contribution >= 0.6 is 22.9 Å². The van der Waals surface area contributed by atoms with Gasteiger partial charge >= 0.3 is 0 Å². The molecule has 0 spiro atoms. The van der Waals surface area contributed by atoms with Crippen molar-refractivity contribution in [2.24, 2.45) is 0 Å². The summed E-state index contributed by atoms with van der Waals surface area (Å²) in [6.45, 7) is 8.53. The number of halogens is 1. The van der Waals surface area contributed by atoms with Crippen LogP contribution in [0.1, 0.15) is 44.4 Å². The molecular weight excluding hydrogens is 280 g/mol. The minimum absolute atomic E-state index is 0.0737. The summed E-state index contributed by atoms with van der Waals surface area (Å²) in [5.74, 6) is 0.660. The van der Waals surface area contributed by atoms with Crippen LogP contribution in [-0.2, 0) is 5.41 Å². The first-order valence-corrected chi connectivity index (χ1v) is 7.32. The first-order chi connectivity index (χ1) is 8.86. The number of anilines is 1. The topological polar surface area (TPSA) is 50.7 Å². The van der Waals surface area contributed by atoms with Crippen LogP contribution in [0.5, 0.6) is 0 Å². The number of hydrogen-bond acceptors (Lipinski definition) is 5. The summed E-state index contributed by atoms with van der Waals surface area (Å²) in [4.78, 5) is 12.8. The predicted molar refractivity (Wildman–Crippen MR) is 79.9 cm³/mol. The van der Waals surface area contributed by atoms with Crippen molar-refractivity contribution < 1.29 is 0 Å². The Balaban J connectivity index is 2.12. The van der Waals surface area contributed by atoms with Gasteiger partial charge in [0.2, 0.25) is 0 Å². The van der Waals surface area contributed by atoms with Gasteiger partial charge in [-0.25, -0.2) is 9.97 Å². The summed E-state index contributed by atoms with van der Waals surface area (Å²) in [6, 6.07) is 0.0777. The molecule has 19 heavy (non-hydrogen) atoms. The molecule has 6 heteroatoms. The zero-order valence-electron chi connectivity index (χ0n) is 11.4. The highest BCUT2D eigenvalue weighted by Gasteiger charge is 2.19. The maximum absolute atomic E-state index is 5.81. The first-order valence-electron chi connectivity index (χ1n) is 6.06. The number of nitrogens with zero attached hydrogens (tertiary/aromatic N) is 3. The number of rotatable bonds is 3. The van der Waals surface area contributed by atoms with Crippen molar-refractivity contribution in [3.8, 4) is 0 Å². The van der Waals surface area contributed by atoms with Gasteiger partial charge in [-0.15, -0.1) is 11.3 Å². The van der Waals surface area contributed by atoms with E-state index in [9.17, 15) is 0 Å². The molecule has 0 radical (unpaired) electrons. The molecule has 1 unspecified atom stereocenters. The molecule has 2 heterocycles. The van der Waals surface area contributed by atoms with E-state index >= 15 is 0 Å². The van der Waals surface area contributed by atoms with Crippen LogP contribution < -0.4 is 5.32 Å². The van der Waals surface area contributed by atoms with Gasteiger partial charge in [0, 0.05) is 10.8 Å². The van der Waals surface area contributed by atoms with Gasteiger partial charge in [-0.3, -0.25) is 4.98 Å². The largest absolute Gasteiger partial charge is 0.360 e. The maximum atomic E-state index is 5.81. The fraction of sp³-hybridized carbons (Fsp3) is 0.462. The van der Waals surface area contributed by atoms with Gasteiger partial charge in [0.15, 0.2) is 0 Å². The van der Waals surface area contributed by atoms with E-state index in [-0.39, 0.29) is 11.5 Å². The second-order valence-electron chi connectivity index (χ2n) is 5.41. The molecule has 0 fully saturated rings. The van der Waals surface area contributed by atoms with Crippen LogP contribution in [0.15, 0.2) is 17.8 Å². The summed E-state index contributed by atoms with van der Waals surface area (Å²) in [5, 5.41) is 6.78. The highest BCUT2D eigenvalue weighted by molar-refractivity contribution is 7.09. The van der Waals surface area contributed by atoms with E-state index in [1.54, 1.807) is 17.5 Å². The quantitative estimate of drug-likeness (QED) is 0.928. The Morgan fingerprint density at radius 1 is 1.26 bits per heavy atom. The summed E-state index contributed by atoms with van der Waals surface area (Å²) < 4.78 is 0. The maximum Gasteiger partial charge on any atom is 0.149 e. The van der Waals surface area contributed by atoms with Crippen LogP contribution in [0.2, 0.25) is 5.15 Å². The molecule has 0 aliphatic rings. The van der Waals surface area contributed by atoms with Crippen molar-refractivity contribution >= 4 is 28.8 Å². The number of aromatic nitrogens is 3. The van der Waals surface area contributed by atoms with Gasteiger partial charge in [-0.2, -0.15) is 0 Å². The molecule has 102 valence electrons. The Morgan fingerprint density at radius 2 is 2.00 bits per heavy atom. The predicted octanol–water partition coefficient (Wildman–Crippen LogP) is 4.06. The lowest BCUT2D eigenvalue weighted by atomic mass is 9.93. The second kappa shape index (κ2) is 5.43. The molecule has 2 aromatic rings. The molecule has 2 rings (SSSR count). The van der Waals surface area contributed by atoms with Gasteiger partial charge in [-0.1, -0.05) is 32.4 Å². The Morgan fingerprint density at radius 3 is 2.58 bits per heavy atom. The highest BCUT2D eigenvalue weighted by Crippen LogP contribution is 2.28. The Labute approximate surface area is 122 Å². The molecule has 0 amide bonds. The SMILES string of the molecule is CC(Nc1cncc(Cl)n1)c1nc(C(C)(C)C)cs1. The number of hydrogen-bond donors (Lipinski definition) is 1. The van der Waals surface area contributed by atoms with E-state index in [1.165, 1.54) is 6.20 Å². The minimum Gasteiger partial charge on any atom is -0.360 e. The normalized spacial score (nSPS) is 13.3. The van der Waals surface area contributed by atoms with Crippen molar-refractivity contribution in [3.63, 3.8) is 0 Å². The summed E-state index contributed by atoms with van der Waals surface area (Å²) in [6.07, 6.45) is 3.17. The van der Waals surface area contributed by atoms with E-state index < -0.39 is 0 Å². The molecule has 4 nitrogen and oxygen atoms in total. The van der Waals surface area contributed by atoms with Crippen LogP contribution in [0, 0.1) is 0 Å². The molecule has 0 aliphatic carbocycles. The van der Waals surface area contributed by atoms with Gasteiger partial charge < -0.3 is 5.32 Å². The van der Waals surface area contributed by atoms with Crippen molar-refractivity contribution in [2.75, 3.05) is 5.32 Å². The average Bonchev–Trinajstić information content (AvgIpc) is 2.77. The van der Waals surface area contributed by atoms with Crippen molar-refractivity contribution in [3.05, 3.63) is 33.6 Å². The first kappa shape index (κ1) is 14.2. The van der Waals surface area contributed by atoms with Crippen LogP contribution in [0.4, 0.5) is 5.82 Å². The summed E-state index contributed by atoms with van der Waals surface area (Å²) >= 11 is 7.46. The molecule has 0 aromatic carbocycles. The zero-order chi connectivity index (χ0) is 14.0. The standard InChI is InChI=1S/C13H17ClN4S/c1-8(16-11-6-15-5-10(14)18-11)12-17-9(7-19-12)13(2,3)4/h5-8H,1-4H3,(H,16,18). The highest BCUT2D eigenvalue weighted by atomic mass is 35.5. The molecule has 0 saturated heterocycles. The fourth-order valence-electron chi connectivity index (χ4n) is 1.53. The third-order valence-electron chi connectivity index (χ3n) is 2.63. The van der Waals surface area contributed by atoms with Crippen LogP contribution in [-0.4, -0.2) is 15.0 Å². The third-order valence-corrected chi connectivity index (χ3v) is 3.84. The van der Waals surface area contributed by atoms with Crippen LogP contribution in [0.3, 0.4) is 0 Å². The van der Waals surface area contributed by atoms with E-state index in [0.717, 1.165) is 10.7 Å². The Bertz CT molecular complexity index is 562. The van der Waals surface area contributed by atoms with Crippen molar-refractivity contribution in [2.45, 2.75) is 39.2 Å². The molecule has 1 atom stereocenters. The van der Waals surface area contributed by atoms with Gasteiger partial charge in [0.1, 0.15) is 16.0 Å². The van der Waals surface area contributed by atoms with E-state index in [0.29, 0.717) is 11.0 Å². The summed E-state index contributed by atoms with van der Waals surface area (Å²) in [5.41, 5.74) is 1.18. The van der Waals surface area contributed by atoms with E-state index in [4.69, 9.17) is 11.6 Å². The van der Waals surface area contributed by atoms with Gasteiger partial charge in [0.25, 0.3) is 0 Å². The van der Waals surface area contributed by atoms with E-state index in [1.807, 2.05) is 6.92 Å².